The van der Waals surface area contributed by atoms with E-state index < -0.39 is 10.7 Å². The molecule has 2 aliphatic rings. The summed E-state index contributed by atoms with van der Waals surface area (Å²) in [5, 5.41) is 12.2. The van der Waals surface area contributed by atoms with Gasteiger partial charge in [0.25, 0.3) is 5.91 Å². The van der Waals surface area contributed by atoms with Crippen molar-refractivity contribution in [2.24, 2.45) is 4.99 Å². The van der Waals surface area contributed by atoms with Crippen LogP contribution in [0.1, 0.15) is 24.8 Å². The number of thioether (sulfide) groups is 1. The van der Waals surface area contributed by atoms with Crippen molar-refractivity contribution in [2.75, 3.05) is 13.1 Å². The Labute approximate surface area is 176 Å². The van der Waals surface area contributed by atoms with Gasteiger partial charge >= 0.3 is 5.69 Å². The Morgan fingerprint density at radius 2 is 1.87 bits per heavy atom. The first-order chi connectivity index (χ1) is 14.5. The molecule has 0 unspecified atom stereocenters. The molecule has 0 radical (unpaired) electrons. The lowest BCUT2D eigenvalue weighted by atomic mass is 10.1. The Balaban J connectivity index is 1.55. The highest BCUT2D eigenvalue weighted by molar-refractivity contribution is 8.18. The third-order valence-electron chi connectivity index (χ3n) is 4.75. The fourth-order valence-electron chi connectivity index (χ4n) is 3.25. The Bertz CT molecular complexity index is 1050. The van der Waals surface area contributed by atoms with Gasteiger partial charge in [-0.15, -0.1) is 0 Å². The lowest BCUT2D eigenvalue weighted by Gasteiger charge is -2.27. The summed E-state index contributed by atoms with van der Waals surface area (Å²) in [7, 11) is 0. The highest BCUT2D eigenvalue weighted by Gasteiger charge is 2.27. The van der Waals surface area contributed by atoms with Gasteiger partial charge in [0.05, 0.1) is 9.83 Å². The molecule has 2 heterocycles. The zero-order valence-electron chi connectivity index (χ0n) is 15.9. The second-order valence-electron chi connectivity index (χ2n) is 6.90. The number of hydrogen-bond acceptors (Lipinski definition) is 6. The quantitative estimate of drug-likeness (QED) is 0.389. The fraction of sp³-hybridized carbons (Fsp3) is 0.238. The zero-order valence-corrected chi connectivity index (χ0v) is 16.7. The van der Waals surface area contributed by atoms with E-state index in [0.717, 1.165) is 25.9 Å². The number of likely N-dealkylation sites (tertiary alicyclic amines) is 1. The molecule has 1 amide bonds. The van der Waals surface area contributed by atoms with E-state index >= 15 is 0 Å². The van der Waals surface area contributed by atoms with Crippen molar-refractivity contribution in [1.29, 1.82) is 0 Å². The molecule has 0 saturated carbocycles. The second-order valence-corrected chi connectivity index (χ2v) is 7.91. The van der Waals surface area contributed by atoms with Gasteiger partial charge in [0.2, 0.25) is 5.75 Å². The third kappa shape index (κ3) is 4.51. The SMILES string of the molecule is O=C1N=C(N2CCCCC2)SC1=Cc1ccc(Oc2ccc(F)cc2)c([N+](=O)[O-])c1. The maximum absolute atomic E-state index is 13.0. The van der Waals surface area contributed by atoms with Crippen LogP contribution < -0.4 is 4.74 Å². The van der Waals surface area contributed by atoms with Gasteiger partial charge < -0.3 is 9.64 Å². The molecule has 1 fully saturated rings. The van der Waals surface area contributed by atoms with Crippen LogP contribution >= 0.6 is 11.8 Å². The van der Waals surface area contributed by atoms with Gasteiger partial charge in [-0.3, -0.25) is 14.9 Å². The monoisotopic (exact) mass is 427 g/mol. The fourth-order valence-corrected chi connectivity index (χ4v) is 4.22. The maximum atomic E-state index is 13.0. The molecule has 0 aliphatic carbocycles. The first-order valence-corrected chi connectivity index (χ1v) is 10.3. The van der Waals surface area contributed by atoms with Crippen LogP contribution in [0, 0.1) is 15.9 Å². The van der Waals surface area contributed by atoms with Gasteiger partial charge in [0.1, 0.15) is 11.6 Å². The van der Waals surface area contributed by atoms with Gasteiger partial charge in [0.15, 0.2) is 5.17 Å². The molecule has 4 rings (SSSR count). The van der Waals surface area contributed by atoms with E-state index in [-0.39, 0.29) is 23.1 Å². The minimum atomic E-state index is -0.555. The number of nitrogens with zero attached hydrogens (tertiary/aromatic N) is 3. The summed E-state index contributed by atoms with van der Waals surface area (Å²) >= 11 is 1.29. The van der Waals surface area contributed by atoms with Gasteiger partial charge in [-0.2, -0.15) is 4.99 Å². The Hall–Kier alpha value is -3.20. The van der Waals surface area contributed by atoms with Crippen molar-refractivity contribution in [2.45, 2.75) is 19.3 Å². The first-order valence-electron chi connectivity index (χ1n) is 9.49. The average molecular weight is 427 g/mol. The molecule has 2 aliphatic heterocycles. The number of carbonyl (C=O) groups is 1. The Morgan fingerprint density at radius 3 is 2.57 bits per heavy atom. The third-order valence-corrected chi connectivity index (χ3v) is 5.80. The number of nitro groups is 1. The normalized spacial score (nSPS) is 17.9. The van der Waals surface area contributed by atoms with E-state index in [4.69, 9.17) is 4.74 Å². The van der Waals surface area contributed by atoms with Crippen LogP contribution in [0.25, 0.3) is 6.08 Å². The van der Waals surface area contributed by atoms with E-state index in [0.29, 0.717) is 15.6 Å². The number of carbonyl (C=O) groups excluding carboxylic acids is 1. The summed E-state index contributed by atoms with van der Waals surface area (Å²) in [5.74, 6) is -0.449. The predicted molar refractivity (Wildman–Crippen MR) is 113 cm³/mol. The zero-order chi connectivity index (χ0) is 21.1. The Kier molecular flexibility index (Phi) is 5.80. The van der Waals surface area contributed by atoms with Gasteiger partial charge in [0, 0.05) is 19.2 Å². The highest BCUT2D eigenvalue weighted by Crippen LogP contribution is 2.35. The average Bonchev–Trinajstić information content (AvgIpc) is 3.11. The molecule has 0 aromatic heterocycles. The highest BCUT2D eigenvalue weighted by atomic mass is 32.2. The van der Waals surface area contributed by atoms with Crippen LogP contribution in [0.5, 0.6) is 11.5 Å². The second kappa shape index (κ2) is 8.66. The molecule has 0 atom stereocenters. The number of halogens is 1. The molecule has 7 nitrogen and oxygen atoms in total. The van der Waals surface area contributed by atoms with Crippen molar-refractivity contribution >= 4 is 34.6 Å². The summed E-state index contributed by atoms with van der Waals surface area (Å²) in [5.41, 5.74) is 0.250. The van der Waals surface area contributed by atoms with Crippen molar-refractivity contribution in [3.8, 4) is 11.5 Å². The summed E-state index contributed by atoms with van der Waals surface area (Å²) in [6, 6.07) is 9.64. The van der Waals surface area contributed by atoms with Crippen molar-refractivity contribution in [3.05, 3.63) is 68.9 Å². The lowest BCUT2D eigenvalue weighted by molar-refractivity contribution is -0.385. The molecule has 0 spiro atoms. The number of benzene rings is 2. The molecule has 0 N–H and O–H groups in total. The summed E-state index contributed by atoms with van der Waals surface area (Å²) < 4.78 is 18.6. The van der Waals surface area contributed by atoms with Crippen LogP contribution in [0.4, 0.5) is 10.1 Å². The minimum Gasteiger partial charge on any atom is -0.450 e. The number of nitro benzene ring substituents is 1. The van der Waals surface area contributed by atoms with Crippen molar-refractivity contribution in [1.82, 2.24) is 4.90 Å². The number of aliphatic imine (C=N–C) groups is 1. The number of piperidine rings is 1. The molecule has 0 bridgehead atoms. The predicted octanol–water partition coefficient (Wildman–Crippen LogP) is 4.98. The van der Waals surface area contributed by atoms with E-state index in [1.165, 1.54) is 54.6 Å². The van der Waals surface area contributed by atoms with Crippen LogP contribution in [-0.2, 0) is 4.79 Å². The van der Waals surface area contributed by atoms with E-state index in [1.54, 1.807) is 12.1 Å². The largest absolute Gasteiger partial charge is 0.450 e. The number of amidine groups is 1. The smallest absolute Gasteiger partial charge is 0.312 e. The molecule has 1 saturated heterocycles. The van der Waals surface area contributed by atoms with Crippen molar-refractivity contribution in [3.63, 3.8) is 0 Å². The van der Waals surface area contributed by atoms with Crippen molar-refractivity contribution < 1.29 is 18.8 Å². The molecule has 2 aromatic rings. The number of amides is 1. The first kappa shape index (κ1) is 20.1. The van der Waals surface area contributed by atoms with Crippen LogP contribution in [0.3, 0.4) is 0 Å². The number of rotatable bonds is 4. The van der Waals surface area contributed by atoms with E-state index in [9.17, 15) is 19.3 Å². The maximum Gasteiger partial charge on any atom is 0.312 e. The molecular formula is C21H18FN3O4S. The lowest BCUT2D eigenvalue weighted by Crippen LogP contribution is -2.33. The molecule has 2 aromatic carbocycles. The molecule has 30 heavy (non-hydrogen) atoms. The summed E-state index contributed by atoms with van der Waals surface area (Å²) in [6.45, 7) is 1.76. The van der Waals surface area contributed by atoms with Gasteiger partial charge in [-0.25, -0.2) is 4.39 Å². The topological polar surface area (TPSA) is 85.0 Å². The van der Waals surface area contributed by atoms with Gasteiger partial charge in [-0.1, -0.05) is 6.07 Å². The van der Waals surface area contributed by atoms with Crippen LogP contribution in [0.2, 0.25) is 0 Å². The number of hydrogen-bond donors (Lipinski definition) is 0. The number of ether oxygens (including phenoxy) is 1. The summed E-state index contributed by atoms with van der Waals surface area (Å²) in [6.07, 6.45) is 4.94. The van der Waals surface area contributed by atoms with Crippen LogP contribution in [-0.4, -0.2) is 34.0 Å². The van der Waals surface area contributed by atoms with E-state index in [1.807, 2.05) is 0 Å². The van der Waals surface area contributed by atoms with Crippen LogP contribution in [0.15, 0.2) is 52.4 Å². The van der Waals surface area contributed by atoms with E-state index in [2.05, 4.69) is 9.89 Å². The molecule has 9 heteroatoms. The standard InChI is InChI=1S/C21H18FN3O4S/c22-15-5-7-16(8-6-15)29-18-9-4-14(12-17(18)25(27)28)13-19-20(26)23-21(30-19)24-10-2-1-3-11-24/h4-9,12-13H,1-3,10-11H2. The minimum absolute atomic E-state index is 0.0319. The van der Waals surface area contributed by atoms with Gasteiger partial charge in [-0.05, 0) is 73.0 Å². The Morgan fingerprint density at radius 1 is 1.13 bits per heavy atom. The molecule has 154 valence electrons. The summed E-state index contributed by atoms with van der Waals surface area (Å²) in [4.78, 5) is 29.9. The molecular weight excluding hydrogens is 409 g/mol.